The Balaban J connectivity index is 1.64. The van der Waals surface area contributed by atoms with Gasteiger partial charge in [0, 0.05) is 30.2 Å². The van der Waals surface area contributed by atoms with E-state index in [-0.39, 0.29) is 53.4 Å². The lowest BCUT2D eigenvalue weighted by Crippen LogP contribution is -2.40. The highest BCUT2D eigenvalue weighted by atomic mass is 32.2. The molecule has 1 N–H and O–H groups in total. The van der Waals surface area contributed by atoms with E-state index >= 15 is 0 Å². The molecule has 0 saturated carbocycles. The van der Waals surface area contributed by atoms with E-state index in [1.807, 2.05) is 0 Å². The molecule has 0 unspecified atom stereocenters. The molecule has 3 aromatic rings. The third-order valence-electron chi connectivity index (χ3n) is 5.03. The molecular weight excluding hydrogens is 447 g/mol. The predicted octanol–water partition coefficient (Wildman–Crippen LogP) is 3.53. The number of carbonyl (C=O) groups excluding carboxylic acids is 1. The largest absolute Gasteiger partial charge is 0.418 e. The van der Waals surface area contributed by atoms with E-state index < -0.39 is 27.7 Å². The van der Waals surface area contributed by atoms with Gasteiger partial charge in [0.1, 0.15) is 0 Å². The number of alkyl halides is 3. The van der Waals surface area contributed by atoms with Gasteiger partial charge < -0.3 is 10.1 Å². The maximum Gasteiger partial charge on any atom is 0.418 e. The fourth-order valence-corrected chi connectivity index (χ4v) is 4.90. The highest BCUT2D eigenvalue weighted by Gasteiger charge is 2.33. The Morgan fingerprint density at radius 3 is 2.50 bits per heavy atom. The number of fused-ring (bicyclic) bond motifs is 1. The van der Waals surface area contributed by atoms with Crippen LogP contribution < -0.4 is 5.32 Å². The van der Waals surface area contributed by atoms with Crippen LogP contribution in [0.15, 0.2) is 59.6 Å². The zero-order valence-corrected chi connectivity index (χ0v) is 17.4. The summed E-state index contributed by atoms with van der Waals surface area (Å²) < 4.78 is 72.0. The third-order valence-corrected chi connectivity index (χ3v) is 6.92. The molecule has 1 aromatic heterocycles. The normalized spacial score (nSPS) is 15.6. The monoisotopic (exact) mass is 465 g/mol. The lowest BCUT2D eigenvalue weighted by atomic mass is 10.1. The summed E-state index contributed by atoms with van der Waals surface area (Å²) in [5, 5.41) is 2.68. The first-order chi connectivity index (χ1) is 15.2. The van der Waals surface area contributed by atoms with Crippen LogP contribution in [0.2, 0.25) is 0 Å². The first-order valence-corrected chi connectivity index (χ1v) is 11.1. The lowest BCUT2D eigenvalue weighted by molar-refractivity contribution is -0.136. The smallest absolute Gasteiger partial charge is 0.379 e. The number of para-hydroxylation sites is 1. The molecular formula is C21H18F3N3O4S. The quantitative estimate of drug-likeness (QED) is 0.637. The van der Waals surface area contributed by atoms with Crippen LogP contribution in [0, 0.1) is 0 Å². The SMILES string of the molecule is O=C(Nc1ccnc2c(C(F)(F)F)cccc12)c1cccc(S(=O)(=O)N2CCOCC2)c1. The van der Waals surface area contributed by atoms with Gasteiger partial charge in [-0.1, -0.05) is 18.2 Å². The molecule has 1 aliphatic rings. The van der Waals surface area contributed by atoms with Crippen LogP contribution in [0.3, 0.4) is 0 Å². The van der Waals surface area contributed by atoms with Gasteiger partial charge in [-0.3, -0.25) is 9.78 Å². The molecule has 0 bridgehead atoms. The first kappa shape index (κ1) is 22.2. The topological polar surface area (TPSA) is 88.6 Å². The zero-order chi connectivity index (χ0) is 22.9. The van der Waals surface area contributed by atoms with Gasteiger partial charge in [-0.05, 0) is 30.3 Å². The average Bonchev–Trinajstić information content (AvgIpc) is 2.79. The zero-order valence-electron chi connectivity index (χ0n) is 16.6. The number of morpholine rings is 1. The molecule has 0 radical (unpaired) electrons. The van der Waals surface area contributed by atoms with Gasteiger partial charge in [-0.15, -0.1) is 0 Å². The number of carbonyl (C=O) groups is 1. The summed E-state index contributed by atoms with van der Waals surface area (Å²) >= 11 is 0. The second-order valence-corrected chi connectivity index (χ2v) is 8.99. The minimum absolute atomic E-state index is 0.0500. The Hall–Kier alpha value is -3.02. The number of pyridine rings is 1. The van der Waals surface area contributed by atoms with Gasteiger partial charge in [0.15, 0.2) is 0 Å². The average molecular weight is 465 g/mol. The van der Waals surface area contributed by atoms with Gasteiger partial charge in [0.05, 0.1) is 34.9 Å². The van der Waals surface area contributed by atoms with Crippen LogP contribution in [0.1, 0.15) is 15.9 Å². The molecule has 0 spiro atoms. The highest BCUT2D eigenvalue weighted by Crippen LogP contribution is 2.35. The van der Waals surface area contributed by atoms with Gasteiger partial charge >= 0.3 is 6.18 Å². The number of nitrogens with zero attached hydrogens (tertiary/aromatic N) is 2. The van der Waals surface area contributed by atoms with Crippen molar-refractivity contribution < 1.29 is 31.1 Å². The van der Waals surface area contributed by atoms with E-state index in [0.29, 0.717) is 0 Å². The molecule has 7 nitrogen and oxygen atoms in total. The summed E-state index contributed by atoms with van der Waals surface area (Å²) in [4.78, 5) is 16.6. The number of amides is 1. The second kappa shape index (κ2) is 8.49. The van der Waals surface area contributed by atoms with Crippen LogP contribution >= 0.6 is 0 Å². The predicted molar refractivity (Wildman–Crippen MR) is 111 cm³/mol. The molecule has 1 aliphatic heterocycles. The van der Waals surface area contributed by atoms with Gasteiger partial charge in [0.25, 0.3) is 5.91 Å². The molecule has 1 fully saturated rings. The molecule has 11 heteroatoms. The van der Waals surface area contributed by atoms with Crippen molar-refractivity contribution in [3.05, 3.63) is 65.9 Å². The molecule has 0 atom stereocenters. The lowest BCUT2D eigenvalue weighted by Gasteiger charge is -2.26. The van der Waals surface area contributed by atoms with Crippen LogP contribution in [0.4, 0.5) is 18.9 Å². The Morgan fingerprint density at radius 1 is 1.06 bits per heavy atom. The number of benzene rings is 2. The maximum atomic E-state index is 13.3. The van der Waals surface area contributed by atoms with Crippen molar-refractivity contribution in [1.82, 2.24) is 9.29 Å². The maximum absolute atomic E-state index is 13.3. The van der Waals surface area contributed by atoms with Crippen LogP contribution in [-0.2, 0) is 20.9 Å². The van der Waals surface area contributed by atoms with Crippen molar-refractivity contribution in [3.63, 3.8) is 0 Å². The van der Waals surface area contributed by atoms with Gasteiger partial charge in [-0.2, -0.15) is 17.5 Å². The van der Waals surface area contributed by atoms with Crippen molar-refractivity contribution >= 4 is 32.5 Å². The molecule has 2 aromatic carbocycles. The highest BCUT2D eigenvalue weighted by molar-refractivity contribution is 7.89. The number of anilines is 1. The number of halogens is 3. The number of hydrogen-bond donors (Lipinski definition) is 1. The van der Waals surface area contributed by atoms with E-state index in [0.717, 1.165) is 6.07 Å². The van der Waals surface area contributed by atoms with Crippen LogP contribution in [-0.4, -0.2) is 49.9 Å². The minimum atomic E-state index is -4.60. The fraction of sp³-hybridized carbons (Fsp3) is 0.238. The molecule has 0 aliphatic carbocycles. The molecule has 32 heavy (non-hydrogen) atoms. The third kappa shape index (κ3) is 4.31. The van der Waals surface area contributed by atoms with E-state index in [1.54, 1.807) is 0 Å². The Morgan fingerprint density at radius 2 is 1.78 bits per heavy atom. The summed E-state index contributed by atoms with van der Waals surface area (Å²) in [7, 11) is -3.81. The summed E-state index contributed by atoms with van der Waals surface area (Å²) in [6, 6.07) is 10.5. The van der Waals surface area contributed by atoms with E-state index in [4.69, 9.17) is 4.74 Å². The molecule has 1 amide bonds. The molecule has 2 heterocycles. The minimum Gasteiger partial charge on any atom is -0.379 e. The van der Waals surface area contributed by atoms with Gasteiger partial charge in [0.2, 0.25) is 10.0 Å². The first-order valence-electron chi connectivity index (χ1n) is 9.62. The Kier molecular flexibility index (Phi) is 5.89. The van der Waals surface area contributed by atoms with Crippen molar-refractivity contribution in [1.29, 1.82) is 0 Å². The molecule has 4 rings (SSSR count). The summed E-state index contributed by atoms with van der Waals surface area (Å²) in [5.74, 6) is -0.658. The standard InChI is InChI=1S/C21H18F3N3O4S/c22-21(23,24)17-6-2-5-16-18(7-8-25-19(16)17)26-20(28)14-3-1-4-15(13-14)32(29,30)27-9-11-31-12-10-27/h1-8,13H,9-12H2,(H,25,26,28). The second-order valence-electron chi connectivity index (χ2n) is 7.06. The fourth-order valence-electron chi connectivity index (χ4n) is 3.44. The van der Waals surface area contributed by atoms with Crippen molar-refractivity contribution in [2.75, 3.05) is 31.6 Å². The van der Waals surface area contributed by atoms with E-state index in [1.165, 1.54) is 53.0 Å². The van der Waals surface area contributed by atoms with Crippen molar-refractivity contribution in [3.8, 4) is 0 Å². The Bertz CT molecular complexity index is 1270. The number of nitrogens with one attached hydrogen (secondary N) is 1. The van der Waals surface area contributed by atoms with E-state index in [9.17, 15) is 26.4 Å². The van der Waals surface area contributed by atoms with Crippen LogP contribution in [0.5, 0.6) is 0 Å². The Labute approximate surface area is 181 Å². The number of ether oxygens (including phenoxy) is 1. The summed E-state index contributed by atoms with van der Waals surface area (Å²) in [5.41, 5.74) is -1.02. The number of hydrogen-bond acceptors (Lipinski definition) is 5. The van der Waals surface area contributed by atoms with Crippen molar-refractivity contribution in [2.45, 2.75) is 11.1 Å². The number of aromatic nitrogens is 1. The van der Waals surface area contributed by atoms with Crippen LogP contribution in [0.25, 0.3) is 10.9 Å². The van der Waals surface area contributed by atoms with E-state index in [2.05, 4.69) is 10.3 Å². The summed E-state index contributed by atoms with van der Waals surface area (Å²) in [6.07, 6.45) is -3.43. The summed E-state index contributed by atoms with van der Waals surface area (Å²) in [6.45, 7) is 0.996. The molecule has 1 saturated heterocycles. The van der Waals surface area contributed by atoms with Gasteiger partial charge in [-0.25, -0.2) is 8.42 Å². The molecule has 168 valence electrons. The number of sulfonamides is 1. The number of rotatable bonds is 4. The van der Waals surface area contributed by atoms with Crippen molar-refractivity contribution in [2.24, 2.45) is 0 Å².